The highest BCUT2D eigenvalue weighted by molar-refractivity contribution is 7.80. The highest BCUT2D eigenvalue weighted by atomic mass is 32.1. The molecule has 110 valence electrons. The van der Waals surface area contributed by atoms with E-state index in [-0.39, 0.29) is 0 Å². The molecule has 0 aromatic heterocycles. The molecule has 0 rings (SSSR count). The Morgan fingerprint density at radius 3 is 1.56 bits per heavy atom. The van der Waals surface area contributed by atoms with Gasteiger partial charge in [0.2, 0.25) is 0 Å². The van der Waals surface area contributed by atoms with Gasteiger partial charge < -0.3 is 22.1 Å². The maximum Gasteiger partial charge on any atom is 0.500 e. The SMILES string of the molecule is CO[Si](CCCS)(CC[Si](OC)(OC)OC)OC. The van der Waals surface area contributed by atoms with Gasteiger partial charge in [0.15, 0.2) is 0 Å². The Labute approximate surface area is 118 Å². The van der Waals surface area contributed by atoms with Crippen LogP contribution in [0.3, 0.4) is 0 Å². The van der Waals surface area contributed by atoms with Crippen molar-refractivity contribution in [2.24, 2.45) is 0 Å². The molecule has 0 amide bonds. The zero-order chi connectivity index (χ0) is 14.1. The summed E-state index contributed by atoms with van der Waals surface area (Å²) >= 11 is 4.24. The first-order valence-corrected chi connectivity index (χ1v) is 10.7. The molecule has 0 spiro atoms. The zero-order valence-corrected chi connectivity index (χ0v) is 14.9. The molecule has 0 N–H and O–H groups in total. The minimum Gasteiger partial charge on any atom is -0.398 e. The van der Waals surface area contributed by atoms with E-state index >= 15 is 0 Å². The molecule has 0 saturated carbocycles. The first-order valence-electron chi connectivity index (χ1n) is 5.94. The Morgan fingerprint density at radius 2 is 1.22 bits per heavy atom. The number of rotatable bonds is 11. The van der Waals surface area contributed by atoms with E-state index in [0.717, 1.165) is 24.3 Å². The topological polar surface area (TPSA) is 46.2 Å². The summed E-state index contributed by atoms with van der Waals surface area (Å²) in [5.74, 6) is 0.836. The molecule has 18 heavy (non-hydrogen) atoms. The molecule has 0 unspecified atom stereocenters. The van der Waals surface area contributed by atoms with Gasteiger partial charge >= 0.3 is 17.4 Å². The largest absolute Gasteiger partial charge is 0.500 e. The smallest absolute Gasteiger partial charge is 0.398 e. The van der Waals surface area contributed by atoms with Crippen LogP contribution in [0.15, 0.2) is 0 Å². The normalized spacial score (nSPS) is 13.0. The molecule has 0 fully saturated rings. The van der Waals surface area contributed by atoms with E-state index in [2.05, 4.69) is 12.6 Å². The second-order valence-electron chi connectivity index (χ2n) is 3.94. The number of hydrogen-bond acceptors (Lipinski definition) is 6. The first kappa shape index (κ1) is 18.6. The maximum absolute atomic E-state index is 5.66. The summed E-state index contributed by atoms with van der Waals surface area (Å²) in [5.41, 5.74) is 0. The summed E-state index contributed by atoms with van der Waals surface area (Å²) in [4.78, 5) is 0. The fraction of sp³-hybridized carbons (Fsp3) is 1.00. The van der Waals surface area contributed by atoms with Gasteiger partial charge in [-0.25, -0.2) is 0 Å². The van der Waals surface area contributed by atoms with Crippen molar-refractivity contribution in [1.82, 2.24) is 0 Å². The first-order chi connectivity index (χ1) is 8.57. The van der Waals surface area contributed by atoms with Crippen LogP contribution in [0.25, 0.3) is 0 Å². The van der Waals surface area contributed by atoms with Gasteiger partial charge in [0.1, 0.15) is 0 Å². The lowest BCUT2D eigenvalue weighted by atomic mass is 10.6. The molecule has 8 heteroatoms. The van der Waals surface area contributed by atoms with Crippen molar-refractivity contribution >= 4 is 30.0 Å². The summed E-state index contributed by atoms with van der Waals surface area (Å²) in [7, 11) is 3.57. The number of hydrogen-bond donors (Lipinski definition) is 1. The summed E-state index contributed by atoms with van der Waals surface area (Å²) < 4.78 is 27.6. The molecule has 0 heterocycles. The third-order valence-electron chi connectivity index (χ3n) is 3.20. The Bertz CT molecular complexity index is 204. The lowest BCUT2D eigenvalue weighted by molar-refractivity contribution is 0.123. The molecule has 0 aliphatic heterocycles. The van der Waals surface area contributed by atoms with Crippen molar-refractivity contribution in [2.75, 3.05) is 41.3 Å². The minimum atomic E-state index is -2.54. The van der Waals surface area contributed by atoms with Crippen molar-refractivity contribution in [3.05, 3.63) is 0 Å². The monoisotopic (exact) mass is 314 g/mol. The van der Waals surface area contributed by atoms with Gasteiger partial charge in [0.05, 0.1) is 0 Å². The molecule has 0 aliphatic carbocycles. The standard InChI is InChI=1S/C10H26O5SSi2/c1-11-17(12-2,8-6-7-16)9-10-18(13-3,14-4)15-5/h16H,6-10H2,1-5H3. The molecule has 0 radical (unpaired) electrons. The molecule has 0 aliphatic rings. The van der Waals surface area contributed by atoms with Gasteiger partial charge in [-0.15, -0.1) is 0 Å². The van der Waals surface area contributed by atoms with Gasteiger partial charge in [-0.3, -0.25) is 0 Å². The highest BCUT2D eigenvalue weighted by Crippen LogP contribution is 2.27. The third kappa shape index (κ3) is 5.29. The lowest BCUT2D eigenvalue weighted by Gasteiger charge is -2.31. The fourth-order valence-corrected chi connectivity index (χ4v) is 8.13. The van der Waals surface area contributed by atoms with Crippen molar-refractivity contribution in [3.63, 3.8) is 0 Å². The summed E-state index contributed by atoms with van der Waals surface area (Å²) in [6, 6.07) is 2.43. The minimum absolute atomic E-state index is 0.705. The van der Waals surface area contributed by atoms with E-state index in [0.29, 0.717) is 6.04 Å². The van der Waals surface area contributed by atoms with Gasteiger partial charge in [-0.1, -0.05) is 0 Å². The summed E-state index contributed by atoms with van der Waals surface area (Å²) in [6.45, 7) is 0. The molecule has 0 aromatic rings. The van der Waals surface area contributed by atoms with Crippen LogP contribution in [0.4, 0.5) is 0 Å². The van der Waals surface area contributed by atoms with Crippen LogP contribution in [-0.4, -0.2) is 58.7 Å². The molecule has 0 aromatic carbocycles. The van der Waals surface area contributed by atoms with Crippen LogP contribution >= 0.6 is 12.6 Å². The number of thiol groups is 1. The van der Waals surface area contributed by atoms with Crippen LogP contribution in [0, 0.1) is 0 Å². The molecule has 0 bridgehead atoms. The predicted molar refractivity (Wildman–Crippen MR) is 79.4 cm³/mol. The Kier molecular flexibility index (Phi) is 9.79. The summed E-state index contributed by atoms with van der Waals surface area (Å²) in [5, 5.41) is 0. The van der Waals surface area contributed by atoms with E-state index in [9.17, 15) is 0 Å². The second-order valence-corrected chi connectivity index (χ2v) is 11.1. The van der Waals surface area contributed by atoms with Crippen molar-refractivity contribution in [3.8, 4) is 0 Å². The van der Waals surface area contributed by atoms with E-state index in [4.69, 9.17) is 22.1 Å². The highest BCUT2D eigenvalue weighted by Gasteiger charge is 2.44. The molecule has 5 nitrogen and oxygen atoms in total. The molecule has 0 atom stereocenters. The quantitative estimate of drug-likeness (QED) is 0.466. The van der Waals surface area contributed by atoms with Gasteiger partial charge in [0.25, 0.3) is 0 Å². The maximum atomic E-state index is 5.66. The average molecular weight is 315 g/mol. The van der Waals surface area contributed by atoms with Gasteiger partial charge in [0, 0.05) is 41.6 Å². The second kappa shape index (κ2) is 9.48. The van der Waals surface area contributed by atoms with Crippen LogP contribution in [-0.2, 0) is 22.1 Å². The molecular formula is C10H26O5SSi2. The van der Waals surface area contributed by atoms with Gasteiger partial charge in [-0.2, -0.15) is 12.6 Å². The van der Waals surface area contributed by atoms with Crippen molar-refractivity contribution in [2.45, 2.75) is 24.6 Å². The molecule has 0 saturated heterocycles. The lowest BCUT2D eigenvalue weighted by Crippen LogP contribution is -2.47. The molecular weight excluding hydrogens is 288 g/mol. The third-order valence-corrected chi connectivity index (χ3v) is 10.4. The van der Waals surface area contributed by atoms with Crippen molar-refractivity contribution < 1.29 is 22.1 Å². The van der Waals surface area contributed by atoms with Crippen LogP contribution in [0.5, 0.6) is 0 Å². The Hall–Kier alpha value is 0.584. The predicted octanol–water partition coefficient (Wildman–Crippen LogP) is 1.92. The fourth-order valence-electron chi connectivity index (χ4n) is 1.86. The van der Waals surface area contributed by atoms with E-state index in [1.54, 1.807) is 35.5 Å². The van der Waals surface area contributed by atoms with E-state index < -0.39 is 17.4 Å². The summed E-state index contributed by atoms with van der Waals surface area (Å²) in [6.07, 6.45) is 0.985. The Balaban J connectivity index is 4.58. The van der Waals surface area contributed by atoms with Gasteiger partial charge in [-0.05, 0) is 24.3 Å². The Morgan fingerprint density at radius 1 is 0.722 bits per heavy atom. The van der Waals surface area contributed by atoms with Crippen molar-refractivity contribution in [1.29, 1.82) is 0 Å². The zero-order valence-electron chi connectivity index (χ0n) is 12.0. The van der Waals surface area contributed by atoms with E-state index in [1.165, 1.54) is 0 Å². The van der Waals surface area contributed by atoms with Crippen LogP contribution in [0.1, 0.15) is 6.42 Å². The average Bonchev–Trinajstić information content (AvgIpc) is 2.44. The van der Waals surface area contributed by atoms with Crippen LogP contribution in [0.2, 0.25) is 18.1 Å². The van der Waals surface area contributed by atoms with Crippen LogP contribution < -0.4 is 0 Å². The van der Waals surface area contributed by atoms with E-state index in [1.807, 2.05) is 0 Å².